The van der Waals surface area contributed by atoms with Crippen LogP contribution in [-0.2, 0) is 0 Å². The molecule has 0 aliphatic carbocycles. The van der Waals surface area contributed by atoms with Crippen molar-refractivity contribution in [3.8, 4) is 0 Å². The van der Waals surface area contributed by atoms with E-state index >= 15 is 0 Å². The largest absolute Gasteiger partial charge is 0.271 e. The summed E-state index contributed by atoms with van der Waals surface area (Å²) in [6, 6.07) is 0. The average molecular weight is 179 g/mol. The summed E-state index contributed by atoms with van der Waals surface area (Å²) in [6.07, 6.45) is 0. The monoisotopic (exact) mass is 178 g/mol. The number of hydrogen-bond donors (Lipinski definition) is 2. The highest BCUT2D eigenvalue weighted by Crippen LogP contribution is 2.03. The lowest BCUT2D eigenvalue weighted by atomic mass is 10.2. The normalized spacial score (nSPS) is 9.33. The van der Waals surface area contributed by atoms with Crippen LogP contribution in [0.15, 0.2) is 0 Å². The Morgan fingerprint density at radius 3 is 1.78 bits per heavy atom. The second-order valence-electron chi connectivity index (χ2n) is 2.10. The maximum absolute atomic E-state index is 12.2. The molecule has 0 aromatic carbocycles. The molecule has 2 nitrogen and oxygen atoms in total. The number of nitrogens with two attached hydrogens (primary N) is 1. The van der Waals surface area contributed by atoms with E-state index in [9.17, 15) is 4.39 Å². The Morgan fingerprint density at radius 2 is 1.78 bits per heavy atom. The Hall–Kier alpha value is 0.430. The van der Waals surface area contributed by atoms with Crippen molar-refractivity contribution in [1.29, 1.82) is 0 Å². The molecule has 9 heavy (non-hydrogen) atoms. The van der Waals surface area contributed by atoms with E-state index in [2.05, 4.69) is 5.43 Å². The van der Waals surface area contributed by atoms with Gasteiger partial charge in [0.25, 0.3) is 0 Å². The van der Waals surface area contributed by atoms with Crippen molar-refractivity contribution in [2.24, 2.45) is 5.84 Å². The van der Waals surface area contributed by atoms with E-state index in [0.29, 0.717) is 0 Å². The summed E-state index contributed by atoms with van der Waals surface area (Å²) in [6.45, 7) is 3.13. The first-order chi connectivity index (χ1) is 3.06. The summed E-state index contributed by atoms with van der Waals surface area (Å²) in [4.78, 5) is 0. The van der Waals surface area contributed by atoms with E-state index in [4.69, 9.17) is 5.84 Å². The van der Waals surface area contributed by atoms with E-state index in [1.807, 2.05) is 0 Å². The molecule has 3 N–H and O–H groups in total. The van der Waals surface area contributed by atoms with Crippen LogP contribution in [0.25, 0.3) is 0 Å². The number of halogens is 3. The van der Waals surface area contributed by atoms with Crippen LogP contribution in [0.2, 0.25) is 0 Å². The van der Waals surface area contributed by atoms with Crippen LogP contribution in [-0.4, -0.2) is 12.2 Å². The highest BCUT2D eigenvalue weighted by atomic mass is 35.5. The number of hydrazine groups is 1. The first-order valence-electron chi connectivity index (χ1n) is 2.18. The van der Waals surface area contributed by atoms with E-state index in [-0.39, 0.29) is 31.4 Å². The van der Waals surface area contributed by atoms with E-state index in [1.54, 1.807) is 0 Å². The minimum atomic E-state index is -1.19. The Labute approximate surface area is 67.2 Å². The molecule has 0 aliphatic heterocycles. The molecule has 0 spiro atoms. The molecule has 0 saturated heterocycles. The van der Waals surface area contributed by atoms with Gasteiger partial charge in [-0.2, -0.15) is 0 Å². The van der Waals surface area contributed by atoms with Crippen LogP contribution >= 0.6 is 24.8 Å². The molecule has 60 valence electrons. The summed E-state index contributed by atoms with van der Waals surface area (Å²) in [5.41, 5.74) is 1.05. The van der Waals surface area contributed by atoms with Crippen molar-refractivity contribution in [2.75, 3.05) is 6.54 Å². The molecule has 0 saturated carbocycles. The van der Waals surface area contributed by atoms with Gasteiger partial charge in [0.15, 0.2) is 0 Å². The van der Waals surface area contributed by atoms with Gasteiger partial charge in [0.2, 0.25) is 0 Å². The first-order valence-corrected chi connectivity index (χ1v) is 2.18. The molecule has 0 heterocycles. The molecule has 0 atom stereocenters. The van der Waals surface area contributed by atoms with Gasteiger partial charge in [-0.15, -0.1) is 24.8 Å². The zero-order chi connectivity index (χ0) is 5.91. The fourth-order valence-electron chi connectivity index (χ4n) is 0.243. The Balaban J connectivity index is -0.000000180. The molecule has 0 bridgehead atoms. The highest BCUT2D eigenvalue weighted by molar-refractivity contribution is 5.85. The zero-order valence-electron chi connectivity index (χ0n) is 5.48. The lowest BCUT2D eigenvalue weighted by Gasteiger charge is -2.10. The molecule has 0 rings (SSSR count). The number of rotatable bonds is 2. The SMILES string of the molecule is CC(C)(F)CNN.Cl.Cl. The van der Waals surface area contributed by atoms with Gasteiger partial charge in [0.05, 0.1) is 0 Å². The average Bonchev–Trinajstić information content (AvgIpc) is 1.30. The van der Waals surface area contributed by atoms with Crippen molar-refractivity contribution >= 4 is 24.8 Å². The zero-order valence-corrected chi connectivity index (χ0v) is 7.11. The smallest absolute Gasteiger partial charge is 0.119 e. The van der Waals surface area contributed by atoms with Crippen LogP contribution in [0.5, 0.6) is 0 Å². The Morgan fingerprint density at radius 1 is 1.44 bits per heavy atom. The molecular formula is C4H13Cl2FN2. The molecule has 0 aromatic rings. The second kappa shape index (κ2) is 6.55. The third kappa shape index (κ3) is 17.8. The summed E-state index contributed by atoms with van der Waals surface area (Å²) in [7, 11) is 0. The predicted molar refractivity (Wildman–Crippen MR) is 41.9 cm³/mol. The van der Waals surface area contributed by atoms with E-state index in [1.165, 1.54) is 13.8 Å². The van der Waals surface area contributed by atoms with Gasteiger partial charge >= 0.3 is 0 Å². The Kier molecular flexibility index (Phi) is 11.8. The summed E-state index contributed by atoms with van der Waals surface area (Å²) >= 11 is 0. The van der Waals surface area contributed by atoms with E-state index < -0.39 is 5.67 Å². The number of hydrogen-bond acceptors (Lipinski definition) is 2. The van der Waals surface area contributed by atoms with Gasteiger partial charge in [-0.25, -0.2) is 4.39 Å². The lowest BCUT2D eigenvalue weighted by molar-refractivity contribution is 0.211. The summed E-state index contributed by atoms with van der Waals surface area (Å²) < 4.78 is 12.2. The molecule has 0 radical (unpaired) electrons. The number of nitrogens with one attached hydrogen (secondary N) is 1. The maximum atomic E-state index is 12.2. The molecule has 0 aliphatic rings. The van der Waals surface area contributed by atoms with Crippen molar-refractivity contribution in [1.82, 2.24) is 5.43 Å². The molecular weight excluding hydrogens is 166 g/mol. The van der Waals surface area contributed by atoms with Gasteiger partial charge in [-0.1, -0.05) is 0 Å². The molecule has 5 heteroatoms. The third-order valence-electron chi connectivity index (χ3n) is 0.522. The maximum Gasteiger partial charge on any atom is 0.119 e. The summed E-state index contributed by atoms with van der Waals surface area (Å²) in [5.74, 6) is 4.82. The van der Waals surface area contributed by atoms with Gasteiger partial charge < -0.3 is 0 Å². The van der Waals surface area contributed by atoms with Crippen LogP contribution in [0.3, 0.4) is 0 Å². The van der Waals surface area contributed by atoms with Crippen LogP contribution in [0.4, 0.5) is 4.39 Å². The van der Waals surface area contributed by atoms with Gasteiger partial charge in [-0.05, 0) is 13.8 Å². The minimum Gasteiger partial charge on any atom is -0.271 e. The predicted octanol–water partition coefficient (Wildman–Crippen LogP) is 1.04. The van der Waals surface area contributed by atoms with Crippen molar-refractivity contribution in [2.45, 2.75) is 19.5 Å². The van der Waals surface area contributed by atoms with Gasteiger partial charge in [-0.3, -0.25) is 11.3 Å². The van der Waals surface area contributed by atoms with Crippen molar-refractivity contribution in [3.63, 3.8) is 0 Å². The second-order valence-corrected chi connectivity index (χ2v) is 2.10. The summed E-state index contributed by atoms with van der Waals surface area (Å²) in [5, 5.41) is 0. The van der Waals surface area contributed by atoms with Crippen LogP contribution in [0.1, 0.15) is 13.8 Å². The quantitative estimate of drug-likeness (QED) is 0.491. The van der Waals surface area contributed by atoms with Gasteiger partial charge in [0, 0.05) is 6.54 Å². The lowest BCUT2D eigenvalue weighted by Crippen LogP contribution is -2.35. The standard InChI is InChI=1S/C4H11FN2.2ClH/c1-4(2,5)3-7-6;;/h7H,3,6H2,1-2H3;2*1H. The minimum absolute atomic E-state index is 0. The van der Waals surface area contributed by atoms with Crippen LogP contribution in [0, 0.1) is 0 Å². The van der Waals surface area contributed by atoms with Crippen LogP contribution < -0.4 is 11.3 Å². The third-order valence-corrected chi connectivity index (χ3v) is 0.522. The van der Waals surface area contributed by atoms with Crippen molar-refractivity contribution < 1.29 is 4.39 Å². The fourth-order valence-corrected chi connectivity index (χ4v) is 0.243. The van der Waals surface area contributed by atoms with Gasteiger partial charge in [0.1, 0.15) is 5.67 Å². The highest BCUT2D eigenvalue weighted by Gasteiger charge is 2.12. The molecule has 0 amide bonds. The Bertz CT molecular complexity index is 55.0. The fraction of sp³-hybridized carbons (Fsp3) is 1.00. The van der Waals surface area contributed by atoms with E-state index in [0.717, 1.165) is 0 Å². The topological polar surface area (TPSA) is 38.0 Å². The first kappa shape index (κ1) is 16.2. The molecule has 0 fully saturated rings. The van der Waals surface area contributed by atoms with Crippen molar-refractivity contribution in [3.05, 3.63) is 0 Å². The molecule has 0 aromatic heterocycles. The number of alkyl halides is 1. The molecule has 0 unspecified atom stereocenters.